The van der Waals surface area contributed by atoms with E-state index in [1.165, 1.54) is 0 Å². The van der Waals surface area contributed by atoms with Crippen LogP contribution in [-0.2, 0) is 0 Å². The third-order valence-corrected chi connectivity index (χ3v) is 3.14. The Morgan fingerprint density at radius 1 is 1.40 bits per heavy atom. The first-order chi connectivity index (χ1) is 7.19. The van der Waals surface area contributed by atoms with Crippen molar-refractivity contribution < 1.29 is 14.9 Å². The van der Waals surface area contributed by atoms with Gasteiger partial charge in [0.05, 0.1) is 6.10 Å². The van der Waals surface area contributed by atoms with Crippen LogP contribution >= 0.6 is 0 Å². The number of nitrogens with one attached hydrogen (secondary N) is 1. The van der Waals surface area contributed by atoms with E-state index in [-0.39, 0.29) is 11.4 Å². The average molecular weight is 207 g/mol. The number of ether oxygens (including phenoxy) is 1. The summed E-state index contributed by atoms with van der Waals surface area (Å²) in [4.78, 5) is 0. The van der Waals surface area contributed by atoms with Gasteiger partial charge < -0.3 is 20.3 Å². The Hall–Kier alpha value is -1.26. The summed E-state index contributed by atoms with van der Waals surface area (Å²) in [6, 6.07) is 4.86. The Morgan fingerprint density at radius 2 is 2.20 bits per heavy atom. The largest absolute Gasteiger partial charge is 0.508 e. The third kappa shape index (κ3) is 1.29. The first-order valence-electron chi connectivity index (χ1n) is 5.09. The fourth-order valence-electron chi connectivity index (χ4n) is 2.24. The van der Waals surface area contributed by atoms with Crippen molar-refractivity contribution in [2.45, 2.75) is 18.1 Å². The maximum absolute atomic E-state index is 9.96. The van der Waals surface area contributed by atoms with E-state index in [1.54, 1.807) is 18.2 Å². The summed E-state index contributed by atoms with van der Waals surface area (Å²) in [5.41, 5.74) is 0.505. The van der Waals surface area contributed by atoms with Crippen LogP contribution in [0.15, 0.2) is 18.2 Å². The smallest absolute Gasteiger partial charge is 0.136 e. The Balaban J connectivity index is 2.01. The molecule has 2 aliphatic heterocycles. The van der Waals surface area contributed by atoms with Crippen molar-refractivity contribution in [3.63, 3.8) is 0 Å². The van der Waals surface area contributed by atoms with E-state index in [1.807, 2.05) is 0 Å². The first-order valence-corrected chi connectivity index (χ1v) is 5.09. The number of aromatic hydroxyl groups is 1. The molecule has 4 heteroatoms. The van der Waals surface area contributed by atoms with Crippen LogP contribution < -0.4 is 10.1 Å². The molecule has 0 saturated carbocycles. The van der Waals surface area contributed by atoms with E-state index in [9.17, 15) is 10.2 Å². The summed E-state index contributed by atoms with van der Waals surface area (Å²) >= 11 is 0. The topological polar surface area (TPSA) is 61.7 Å². The highest BCUT2D eigenvalue weighted by Gasteiger charge is 2.45. The number of benzene rings is 1. The molecule has 1 atom stereocenters. The second kappa shape index (κ2) is 2.87. The van der Waals surface area contributed by atoms with Crippen molar-refractivity contribution in [2.75, 3.05) is 13.1 Å². The Morgan fingerprint density at radius 3 is 2.87 bits per heavy atom. The van der Waals surface area contributed by atoms with Gasteiger partial charge in [0.1, 0.15) is 17.1 Å². The lowest BCUT2D eigenvalue weighted by atomic mass is 9.84. The Kier molecular flexibility index (Phi) is 1.72. The molecule has 1 saturated heterocycles. The van der Waals surface area contributed by atoms with Crippen LogP contribution in [0.4, 0.5) is 0 Å². The Labute approximate surface area is 87.5 Å². The average Bonchev–Trinajstić information content (AvgIpc) is 2.14. The molecule has 80 valence electrons. The van der Waals surface area contributed by atoms with Gasteiger partial charge in [0.2, 0.25) is 0 Å². The van der Waals surface area contributed by atoms with Crippen LogP contribution in [0.3, 0.4) is 0 Å². The fourth-order valence-corrected chi connectivity index (χ4v) is 2.24. The molecule has 0 unspecified atom stereocenters. The van der Waals surface area contributed by atoms with Crippen LogP contribution in [0.25, 0.3) is 0 Å². The van der Waals surface area contributed by atoms with Crippen molar-refractivity contribution in [1.82, 2.24) is 5.32 Å². The first kappa shape index (κ1) is 9.00. The molecule has 2 heterocycles. The number of hydrogen-bond acceptors (Lipinski definition) is 4. The zero-order chi connectivity index (χ0) is 10.5. The van der Waals surface area contributed by atoms with E-state index in [0.29, 0.717) is 12.2 Å². The second-order valence-corrected chi connectivity index (χ2v) is 4.33. The van der Waals surface area contributed by atoms with Crippen molar-refractivity contribution >= 4 is 0 Å². The minimum absolute atomic E-state index is 0.172. The number of hydrogen-bond donors (Lipinski definition) is 3. The molecule has 4 nitrogen and oxygen atoms in total. The second-order valence-electron chi connectivity index (χ2n) is 4.33. The van der Waals surface area contributed by atoms with Gasteiger partial charge in [-0.2, -0.15) is 0 Å². The van der Waals surface area contributed by atoms with Crippen molar-refractivity contribution in [3.8, 4) is 11.5 Å². The van der Waals surface area contributed by atoms with Crippen LogP contribution in [0, 0.1) is 0 Å². The number of aliphatic hydroxyl groups excluding tert-OH is 1. The van der Waals surface area contributed by atoms with Gasteiger partial charge in [-0.05, 0) is 12.1 Å². The minimum atomic E-state index is -0.489. The highest BCUT2D eigenvalue weighted by Crippen LogP contribution is 2.42. The van der Waals surface area contributed by atoms with Gasteiger partial charge in [-0.15, -0.1) is 0 Å². The fraction of sp³-hybridized carbons (Fsp3) is 0.455. The standard InChI is InChI=1S/C11H13NO3/c13-7-1-2-8-9(14)4-11(5-12-6-11)15-10(8)3-7/h1-3,9,12-14H,4-6H2/t9-/m1/s1. The van der Waals surface area contributed by atoms with Crippen molar-refractivity contribution in [3.05, 3.63) is 23.8 Å². The molecular weight excluding hydrogens is 194 g/mol. The van der Waals surface area contributed by atoms with E-state index in [4.69, 9.17) is 4.74 Å². The van der Waals surface area contributed by atoms with E-state index in [0.717, 1.165) is 18.7 Å². The van der Waals surface area contributed by atoms with Gasteiger partial charge in [0.15, 0.2) is 0 Å². The van der Waals surface area contributed by atoms with Gasteiger partial charge >= 0.3 is 0 Å². The summed E-state index contributed by atoms with van der Waals surface area (Å²) in [6.07, 6.45) is 0.133. The summed E-state index contributed by atoms with van der Waals surface area (Å²) in [7, 11) is 0. The maximum atomic E-state index is 9.96. The number of fused-ring (bicyclic) bond motifs is 1. The molecule has 1 fully saturated rings. The van der Waals surface area contributed by atoms with Gasteiger partial charge in [-0.1, -0.05) is 0 Å². The van der Waals surface area contributed by atoms with Crippen molar-refractivity contribution in [2.24, 2.45) is 0 Å². The quantitative estimate of drug-likeness (QED) is 0.581. The molecule has 1 aromatic carbocycles. The lowest BCUT2D eigenvalue weighted by Gasteiger charge is -2.47. The molecule has 0 aromatic heterocycles. The molecular formula is C11H13NO3. The molecule has 0 radical (unpaired) electrons. The molecule has 0 bridgehead atoms. The van der Waals surface area contributed by atoms with Crippen LogP contribution in [0.1, 0.15) is 18.1 Å². The molecule has 1 spiro atoms. The molecule has 2 aliphatic rings. The number of aliphatic hydroxyl groups is 1. The number of phenols is 1. The monoisotopic (exact) mass is 207 g/mol. The highest BCUT2D eigenvalue weighted by molar-refractivity contribution is 5.43. The Bertz CT molecular complexity index is 401. The predicted octanol–water partition coefficient (Wildman–Crippen LogP) is 0.550. The molecule has 3 N–H and O–H groups in total. The van der Waals surface area contributed by atoms with Gasteiger partial charge in [0.25, 0.3) is 0 Å². The highest BCUT2D eigenvalue weighted by atomic mass is 16.5. The van der Waals surface area contributed by atoms with Crippen LogP contribution in [0.5, 0.6) is 11.5 Å². The molecule has 0 amide bonds. The van der Waals surface area contributed by atoms with Crippen LogP contribution in [0.2, 0.25) is 0 Å². The zero-order valence-electron chi connectivity index (χ0n) is 8.23. The normalized spacial score (nSPS) is 26.6. The van der Waals surface area contributed by atoms with Gasteiger partial charge in [-0.25, -0.2) is 0 Å². The molecule has 0 aliphatic carbocycles. The van der Waals surface area contributed by atoms with E-state index in [2.05, 4.69) is 5.32 Å². The van der Waals surface area contributed by atoms with Gasteiger partial charge in [-0.3, -0.25) is 0 Å². The SMILES string of the molecule is Oc1ccc2c(c1)OC1(CNC1)C[C@H]2O. The van der Waals surface area contributed by atoms with E-state index >= 15 is 0 Å². The number of phenolic OH excluding ortho intramolecular Hbond substituents is 1. The molecule has 15 heavy (non-hydrogen) atoms. The minimum Gasteiger partial charge on any atom is -0.508 e. The summed E-state index contributed by atoms with van der Waals surface area (Å²) < 4.78 is 5.82. The lowest BCUT2D eigenvalue weighted by Crippen LogP contribution is -2.64. The lowest BCUT2D eigenvalue weighted by molar-refractivity contribution is -0.0483. The molecule has 3 rings (SSSR count). The van der Waals surface area contributed by atoms with Crippen molar-refractivity contribution in [1.29, 1.82) is 0 Å². The summed E-state index contributed by atoms with van der Waals surface area (Å²) in [5.74, 6) is 0.778. The summed E-state index contributed by atoms with van der Waals surface area (Å²) in [5, 5.41) is 22.5. The van der Waals surface area contributed by atoms with E-state index < -0.39 is 6.10 Å². The maximum Gasteiger partial charge on any atom is 0.136 e. The predicted molar refractivity (Wildman–Crippen MR) is 53.9 cm³/mol. The van der Waals surface area contributed by atoms with Crippen LogP contribution in [-0.4, -0.2) is 28.9 Å². The third-order valence-electron chi connectivity index (χ3n) is 3.14. The van der Waals surface area contributed by atoms with Gasteiger partial charge in [0, 0.05) is 31.1 Å². The summed E-state index contributed by atoms with van der Waals surface area (Å²) in [6.45, 7) is 1.53. The zero-order valence-corrected chi connectivity index (χ0v) is 8.23. The molecule has 1 aromatic rings. The number of rotatable bonds is 0.